The predicted molar refractivity (Wildman–Crippen MR) is 90.9 cm³/mol. The third-order valence-corrected chi connectivity index (χ3v) is 5.95. The highest BCUT2D eigenvalue weighted by molar-refractivity contribution is 7.89. The minimum Gasteiger partial charge on any atom is -0.372 e. The summed E-state index contributed by atoms with van der Waals surface area (Å²) in [5.41, 5.74) is -0.544. The third kappa shape index (κ3) is 3.18. The molecule has 2 heterocycles. The van der Waals surface area contributed by atoms with Gasteiger partial charge in [-0.3, -0.25) is 4.57 Å². The van der Waals surface area contributed by atoms with Crippen LogP contribution in [0.15, 0.2) is 54.6 Å². The van der Waals surface area contributed by atoms with Crippen LogP contribution in [-0.2, 0) is 23.5 Å². The lowest BCUT2D eigenvalue weighted by Crippen LogP contribution is -2.26. The maximum Gasteiger partial charge on any atom is 0.422 e. The first kappa shape index (κ1) is 16.6. The second kappa shape index (κ2) is 6.34. The quantitative estimate of drug-likeness (QED) is 0.728. The molecule has 0 spiro atoms. The molecule has 1 N–H and O–H groups in total. The van der Waals surface area contributed by atoms with Crippen molar-refractivity contribution < 1.29 is 12.8 Å². The van der Waals surface area contributed by atoms with Crippen LogP contribution in [0.25, 0.3) is 10.9 Å². The predicted octanol–water partition coefficient (Wildman–Crippen LogP) is 1.07. The summed E-state index contributed by atoms with van der Waals surface area (Å²) in [5, 5.41) is 1.97. The first-order chi connectivity index (χ1) is 11.4. The largest absolute Gasteiger partial charge is 0.422 e. The second-order valence-electron chi connectivity index (χ2n) is 5.12. The number of fused-ring (bicyclic) bond motifs is 1. The molecule has 0 unspecified atom stereocenters. The van der Waals surface area contributed by atoms with Gasteiger partial charge in [-0.1, -0.05) is 6.07 Å². The van der Waals surface area contributed by atoms with E-state index in [1.54, 1.807) is 11.3 Å². The van der Waals surface area contributed by atoms with Crippen molar-refractivity contribution in [2.45, 2.75) is 11.3 Å². The molecule has 0 atom stereocenters. The highest BCUT2D eigenvalue weighted by Gasteiger charge is 2.16. The highest BCUT2D eigenvalue weighted by atomic mass is 32.2. The fraction of sp³-hybridized carbons (Fsp3) is 0.200. The van der Waals surface area contributed by atoms with E-state index in [1.807, 2.05) is 17.5 Å². The van der Waals surface area contributed by atoms with Crippen LogP contribution >= 0.6 is 11.3 Å². The molecule has 126 valence electrons. The van der Waals surface area contributed by atoms with Crippen molar-refractivity contribution in [3.05, 3.63) is 61.6 Å². The van der Waals surface area contributed by atoms with E-state index < -0.39 is 21.4 Å². The molecular weight excluding hydrogens is 352 g/mol. The molecule has 1 aromatic carbocycles. The first-order valence-corrected chi connectivity index (χ1v) is 9.41. The highest BCUT2D eigenvalue weighted by Crippen LogP contribution is 2.15. The molecule has 0 fully saturated rings. The normalized spacial score (nSPS) is 11.9. The standard InChI is InChI=1S/C15H14N2O5S2/c1-17-13-5-4-11(9-12(13)14(18)22-15(17)19)24(20,21)16-7-6-10-3-2-8-23-10/h2-5,8-9,16H,6-7H2,1H3. The lowest BCUT2D eigenvalue weighted by Gasteiger charge is -2.08. The number of aromatic nitrogens is 1. The van der Waals surface area contributed by atoms with E-state index in [2.05, 4.69) is 9.14 Å². The maximum atomic E-state index is 12.4. The van der Waals surface area contributed by atoms with Gasteiger partial charge in [0.05, 0.1) is 15.8 Å². The van der Waals surface area contributed by atoms with Gasteiger partial charge in [-0.25, -0.2) is 22.7 Å². The fourth-order valence-electron chi connectivity index (χ4n) is 2.29. The first-order valence-electron chi connectivity index (χ1n) is 7.04. The average Bonchev–Trinajstić information content (AvgIpc) is 3.05. The number of nitrogens with zero attached hydrogens (tertiary/aromatic N) is 1. The molecule has 0 amide bonds. The number of benzene rings is 1. The van der Waals surface area contributed by atoms with Gasteiger partial charge in [-0.05, 0) is 36.1 Å². The SMILES string of the molecule is Cn1c(=O)oc(=O)c2cc(S(=O)(=O)NCCc3cccs3)ccc21. The minimum atomic E-state index is -3.76. The van der Waals surface area contributed by atoms with Crippen molar-refractivity contribution in [2.24, 2.45) is 7.05 Å². The zero-order valence-electron chi connectivity index (χ0n) is 12.7. The summed E-state index contributed by atoms with van der Waals surface area (Å²) in [6, 6.07) is 7.83. The van der Waals surface area contributed by atoms with Crippen molar-refractivity contribution in [1.29, 1.82) is 0 Å². The molecule has 0 radical (unpaired) electrons. The molecule has 0 saturated carbocycles. The zero-order valence-corrected chi connectivity index (χ0v) is 14.3. The maximum absolute atomic E-state index is 12.4. The van der Waals surface area contributed by atoms with Crippen molar-refractivity contribution >= 4 is 32.3 Å². The van der Waals surface area contributed by atoms with Gasteiger partial charge in [0.15, 0.2) is 0 Å². The van der Waals surface area contributed by atoms with Gasteiger partial charge in [0.25, 0.3) is 0 Å². The molecule has 24 heavy (non-hydrogen) atoms. The van der Waals surface area contributed by atoms with Gasteiger partial charge >= 0.3 is 11.4 Å². The molecule has 0 aliphatic rings. The Kier molecular flexibility index (Phi) is 4.39. The zero-order chi connectivity index (χ0) is 17.3. The van der Waals surface area contributed by atoms with Crippen LogP contribution < -0.4 is 16.1 Å². The summed E-state index contributed by atoms with van der Waals surface area (Å²) in [6.45, 7) is 0.253. The van der Waals surface area contributed by atoms with E-state index in [0.29, 0.717) is 11.9 Å². The minimum absolute atomic E-state index is 0.0400. The van der Waals surface area contributed by atoms with E-state index in [0.717, 1.165) is 9.44 Å². The average molecular weight is 366 g/mol. The van der Waals surface area contributed by atoms with Crippen LogP contribution in [0.2, 0.25) is 0 Å². The Morgan fingerprint density at radius 1 is 1.25 bits per heavy atom. The molecule has 0 aliphatic carbocycles. The monoisotopic (exact) mass is 366 g/mol. The summed E-state index contributed by atoms with van der Waals surface area (Å²) >= 11 is 1.56. The Labute approximate surface area is 141 Å². The second-order valence-corrected chi connectivity index (χ2v) is 7.92. The number of hydrogen-bond acceptors (Lipinski definition) is 6. The molecule has 2 aromatic heterocycles. The summed E-state index contributed by atoms with van der Waals surface area (Å²) in [5.74, 6) is -0.794. The molecule has 3 aromatic rings. The Hall–Kier alpha value is -2.23. The van der Waals surface area contributed by atoms with E-state index in [4.69, 9.17) is 0 Å². The molecule has 0 bridgehead atoms. The molecular formula is C15H14N2O5S2. The Morgan fingerprint density at radius 2 is 2.04 bits per heavy atom. The molecule has 3 rings (SSSR count). The van der Waals surface area contributed by atoms with Gasteiger partial charge < -0.3 is 4.42 Å². The van der Waals surface area contributed by atoms with E-state index in [9.17, 15) is 18.0 Å². The number of rotatable bonds is 5. The van der Waals surface area contributed by atoms with Crippen molar-refractivity contribution in [1.82, 2.24) is 9.29 Å². The Morgan fingerprint density at radius 3 is 2.75 bits per heavy atom. The van der Waals surface area contributed by atoms with Crippen LogP contribution in [0, 0.1) is 0 Å². The molecule has 0 aliphatic heterocycles. The molecule has 9 heteroatoms. The van der Waals surface area contributed by atoms with Crippen molar-refractivity contribution in [3.8, 4) is 0 Å². The van der Waals surface area contributed by atoms with Gasteiger partial charge in [0.2, 0.25) is 10.0 Å². The van der Waals surface area contributed by atoms with Crippen molar-refractivity contribution in [2.75, 3.05) is 6.54 Å². The Bertz CT molecular complexity index is 1100. The summed E-state index contributed by atoms with van der Waals surface area (Å²) < 4.78 is 32.9. The van der Waals surface area contributed by atoms with Crippen LogP contribution in [0.1, 0.15) is 4.88 Å². The third-order valence-electron chi connectivity index (χ3n) is 3.56. The van der Waals surface area contributed by atoms with Gasteiger partial charge in [0.1, 0.15) is 0 Å². The lowest BCUT2D eigenvalue weighted by atomic mass is 10.2. The van der Waals surface area contributed by atoms with Gasteiger partial charge in [-0.2, -0.15) is 0 Å². The van der Waals surface area contributed by atoms with Gasteiger partial charge in [-0.15, -0.1) is 11.3 Å². The number of hydrogen-bond donors (Lipinski definition) is 1. The van der Waals surface area contributed by atoms with E-state index >= 15 is 0 Å². The number of thiophene rings is 1. The topological polar surface area (TPSA) is 98.4 Å². The summed E-state index contributed by atoms with van der Waals surface area (Å²) in [6.07, 6.45) is 0.584. The fourth-order valence-corrected chi connectivity index (χ4v) is 4.05. The summed E-state index contributed by atoms with van der Waals surface area (Å²) in [7, 11) is -2.31. The van der Waals surface area contributed by atoms with Crippen LogP contribution in [0.4, 0.5) is 0 Å². The van der Waals surface area contributed by atoms with E-state index in [1.165, 1.54) is 25.2 Å². The van der Waals surface area contributed by atoms with E-state index in [-0.39, 0.29) is 16.8 Å². The number of nitrogens with one attached hydrogen (secondary N) is 1. The van der Waals surface area contributed by atoms with Gasteiger partial charge in [0, 0.05) is 18.5 Å². The van der Waals surface area contributed by atoms with Crippen LogP contribution in [-0.4, -0.2) is 19.5 Å². The van der Waals surface area contributed by atoms with Crippen LogP contribution in [0.3, 0.4) is 0 Å². The van der Waals surface area contributed by atoms with Crippen LogP contribution in [0.5, 0.6) is 0 Å². The Balaban J connectivity index is 1.90. The lowest BCUT2D eigenvalue weighted by molar-refractivity contribution is 0.432. The number of aryl methyl sites for hydroxylation is 1. The molecule has 7 nitrogen and oxygen atoms in total. The summed E-state index contributed by atoms with van der Waals surface area (Å²) in [4.78, 5) is 24.3. The van der Waals surface area contributed by atoms with Crippen molar-refractivity contribution in [3.63, 3.8) is 0 Å². The number of sulfonamides is 1. The molecule has 0 saturated heterocycles. The smallest absolute Gasteiger partial charge is 0.372 e.